The predicted molar refractivity (Wildman–Crippen MR) is 93.7 cm³/mol. The predicted octanol–water partition coefficient (Wildman–Crippen LogP) is 2.25. The Bertz CT molecular complexity index is 464. The Balaban J connectivity index is 0.00000200. The summed E-state index contributed by atoms with van der Waals surface area (Å²) < 4.78 is 1.18. The minimum atomic E-state index is 0. The quantitative estimate of drug-likeness (QED) is 0.750. The Kier molecular flexibility index (Phi) is 7.22. The van der Waals surface area contributed by atoms with Crippen LogP contribution in [-0.2, 0) is 4.79 Å². The first-order valence-electron chi connectivity index (χ1n) is 6.53. The Morgan fingerprint density at radius 3 is 2.90 bits per heavy atom. The molecule has 1 aromatic carbocycles. The van der Waals surface area contributed by atoms with E-state index in [1.54, 1.807) is 0 Å². The third kappa shape index (κ3) is 4.87. The van der Waals surface area contributed by atoms with E-state index in [1.165, 1.54) is 3.57 Å². The van der Waals surface area contributed by atoms with Crippen LogP contribution in [0.1, 0.15) is 12.0 Å². The number of anilines is 1. The van der Waals surface area contributed by atoms with E-state index < -0.39 is 0 Å². The van der Waals surface area contributed by atoms with Crippen LogP contribution in [0.5, 0.6) is 0 Å². The maximum Gasteiger partial charge on any atom is 0.238 e. The van der Waals surface area contributed by atoms with Gasteiger partial charge in [-0.05, 0) is 73.3 Å². The van der Waals surface area contributed by atoms with E-state index in [2.05, 4.69) is 44.2 Å². The smallest absolute Gasteiger partial charge is 0.238 e. The SMILES string of the molecule is Cc1cc(I)ccc1NC(=O)CN(C)C1CCNC1.Cl. The van der Waals surface area contributed by atoms with Gasteiger partial charge in [0.05, 0.1) is 6.54 Å². The van der Waals surface area contributed by atoms with E-state index in [4.69, 9.17) is 0 Å². The Labute approximate surface area is 140 Å². The molecule has 1 heterocycles. The number of likely N-dealkylation sites (N-methyl/N-ethyl adjacent to an activating group) is 1. The summed E-state index contributed by atoms with van der Waals surface area (Å²) in [5.74, 6) is 0.0544. The molecule has 2 N–H and O–H groups in total. The molecule has 1 fully saturated rings. The zero-order valence-corrected chi connectivity index (χ0v) is 14.8. The zero-order valence-electron chi connectivity index (χ0n) is 11.8. The van der Waals surface area contributed by atoms with Crippen molar-refractivity contribution in [3.8, 4) is 0 Å². The lowest BCUT2D eigenvalue weighted by Crippen LogP contribution is -2.39. The van der Waals surface area contributed by atoms with Gasteiger partial charge in [0.2, 0.25) is 5.91 Å². The molecular formula is C14H21ClIN3O. The summed E-state index contributed by atoms with van der Waals surface area (Å²) in [7, 11) is 2.01. The van der Waals surface area contributed by atoms with Crippen molar-refractivity contribution in [1.82, 2.24) is 10.2 Å². The number of amides is 1. The Morgan fingerprint density at radius 2 is 2.30 bits per heavy atom. The molecule has 1 atom stereocenters. The molecule has 6 heteroatoms. The molecule has 1 unspecified atom stereocenters. The highest BCUT2D eigenvalue weighted by Crippen LogP contribution is 2.17. The van der Waals surface area contributed by atoms with E-state index in [0.717, 1.165) is 30.8 Å². The van der Waals surface area contributed by atoms with Crippen molar-refractivity contribution in [2.24, 2.45) is 0 Å². The molecule has 0 aliphatic carbocycles. The maximum atomic E-state index is 12.0. The van der Waals surface area contributed by atoms with E-state index in [1.807, 2.05) is 26.1 Å². The third-order valence-corrected chi connectivity index (χ3v) is 4.18. The summed E-state index contributed by atoms with van der Waals surface area (Å²) in [6, 6.07) is 6.52. The largest absolute Gasteiger partial charge is 0.325 e. The van der Waals surface area contributed by atoms with Crippen LogP contribution in [0, 0.1) is 10.5 Å². The van der Waals surface area contributed by atoms with Crippen molar-refractivity contribution in [3.05, 3.63) is 27.3 Å². The van der Waals surface area contributed by atoms with Gasteiger partial charge in [0.1, 0.15) is 0 Å². The van der Waals surface area contributed by atoms with Gasteiger partial charge in [0.15, 0.2) is 0 Å². The van der Waals surface area contributed by atoms with Crippen molar-refractivity contribution >= 4 is 46.6 Å². The van der Waals surface area contributed by atoms with Gasteiger partial charge in [-0.25, -0.2) is 0 Å². The van der Waals surface area contributed by atoms with Crippen LogP contribution < -0.4 is 10.6 Å². The van der Waals surface area contributed by atoms with Crippen LogP contribution in [0.2, 0.25) is 0 Å². The highest BCUT2D eigenvalue weighted by atomic mass is 127. The zero-order chi connectivity index (χ0) is 13.8. The number of carbonyl (C=O) groups excluding carboxylic acids is 1. The standard InChI is InChI=1S/C14H20IN3O.ClH/c1-10-7-11(15)3-4-13(10)17-14(19)9-18(2)12-5-6-16-8-12;/h3-4,7,12,16H,5-6,8-9H2,1-2H3,(H,17,19);1H. The number of carbonyl (C=O) groups is 1. The number of benzene rings is 1. The molecule has 112 valence electrons. The number of rotatable bonds is 4. The third-order valence-electron chi connectivity index (χ3n) is 3.51. The van der Waals surface area contributed by atoms with Crippen LogP contribution in [0.3, 0.4) is 0 Å². The number of nitrogens with one attached hydrogen (secondary N) is 2. The first-order chi connectivity index (χ1) is 9.06. The summed E-state index contributed by atoms with van der Waals surface area (Å²) in [6.45, 7) is 4.49. The first-order valence-corrected chi connectivity index (χ1v) is 7.61. The Hall–Kier alpha value is -0.370. The minimum absolute atomic E-state index is 0. The molecule has 1 aromatic rings. The van der Waals surface area contributed by atoms with Crippen molar-refractivity contribution in [1.29, 1.82) is 0 Å². The van der Waals surface area contributed by atoms with Crippen LogP contribution in [0.15, 0.2) is 18.2 Å². The van der Waals surface area contributed by atoms with Crippen LogP contribution in [0.25, 0.3) is 0 Å². The molecule has 0 radical (unpaired) electrons. The van der Waals surface area contributed by atoms with E-state index in [9.17, 15) is 4.79 Å². The van der Waals surface area contributed by atoms with Crippen molar-refractivity contribution in [2.75, 3.05) is 32.0 Å². The fraction of sp³-hybridized carbons (Fsp3) is 0.500. The van der Waals surface area contributed by atoms with Gasteiger partial charge < -0.3 is 10.6 Å². The molecular weight excluding hydrogens is 389 g/mol. The number of hydrogen-bond acceptors (Lipinski definition) is 3. The van der Waals surface area contributed by atoms with Gasteiger partial charge >= 0.3 is 0 Å². The second kappa shape index (κ2) is 8.17. The minimum Gasteiger partial charge on any atom is -0.325 e. The van der Waals surface area contributed by atoms with Crippen LogP contribution in [0.4, 0.5) is 5.69 Å². The molecule has 0 spiro atoms. The lowest BCUT2D eigenvalue weighted by molar-refractivity contribution is -0.117. The monoisotopic (exact) mass is 409 g/mol. The fourth-order valence-corrected chi connectivity index (χ4v) is 2.98. The van der Waals surface area contributed by atoms with Crippen LogP contribution >= 0.6 is 35.0 Å². The normalized spacial score (nSPS) is 17.9. The Morgan fingerprint density at radius 1 is 1.55 bits per heavy atom. The number of halogens is 2. The number of hydrogen-bond donors (Lipinski definition) is 2. The topological polar surface area (TPSA) is 44.4 Å². The summed E-state index contributed by atoms with van der Waals surface area (Å²) in [4.78, 5) is 14.2. The van der Waals surface area contributed by atoms with Gasteiger partial charge in [-0.3, -0.25) is 9.69 Å². The van der Waals surface area contributed by atoms with Gasteiger partial charge in [-0.15, -0.1) is 12.4 Å². The van der Waals surface area contributed by atoms with Gasteiger partial charge in [-0.1, -0.05) is 0 Å². The first kappa shape index (κ1) is 17.7. The lowest BCUT2D eigenvalue weighted by Gasteiger charge is -2.22. The molecule has 0 aromatic heterocycles. The second-order valence-corrected chi connectivity index (χ2v) is 6.31. The van der Waals surface area contributed by atoms with E-state index >= 15 is 0 Å². The molecule has 1 saturated heterocycles. The number of nitrogens with zero attached hydrogens (tertiary/aromatic N) is 1. The average molecular weight is 410 g/mol. The molecule has 20 heavy (non-hydrogen) atoms. The lowest BCUT2D eigenvalue weighted by atomic mass is 10.2. The maximum absolute atomic E-state index is 12.0. The van der Waals surface area contributed by atoms with E-state index in [0.29, 0.717) is 12.6 Å². The molecule has 1 amide bonds. The van der Waals surface area contributed by atoms with Gasteiger partial charge in [0, 0.05) is 21.8 Å². The fourth-order valence-electron chi connectivity index (χ4n) is 2.33. The summed E-state index contributed by atoms with van der Waals surface area (Å²) >= 11 is 2.27. The second-order valence-electron chi connectivity index (χ2n) is 5.07. The molecule has 0 bridgehead atoms. The van der Waals surface area contributed by atoms with Gasteiger partial charge in [0.25, 0.3) is 0 Å². The number of aryl methyl sites for hydroxylation is 1. The van der Waals surface area contributed by atoms with Crippen LogP contribution in [-0.4, -0.2) is 43.5 Å². The molecule has 1 aliphatic heterocycles. The highest BCUT2D eigenvalue weighted by Gasteiger charge is 2.20. The average Bonchev–Trinajstić information content (AvgIpc) is 2.86. The summed E-state index contributed by atoms with van der Waals surface area (Å²) in [6.07, 6.45) is 1.12. The summed E-state index contributed by atoms with van der Waals surface area (Å²) in [5, 5.41) is 6.30. The van der Waals surface area contributed by atoms with Crippen molar-refractivity contribution < 1.29 is 4.79 Å². The molecule has 0 saturated carbocycles. The summed E-state index contributed by atoms with van der Waals surface area (Å²) in [5.41, 5.74) is 2.01. The molecule has 2 rings (SSSR count). The van der Waals surface area contributed by atoms with E-state index in [-0.39, 0.29) is 18.3 Å². The molecule has 1 aliphatic rings. The van der Waals surface area contributed by atoms with Gasteiger partial charge in [-0.2, -0.15) is 0 Å². The van der Waals surface area contributed by atoms with Crippen molar-refractivity contribution in [2.45, 2.75) is 19.4 Å². The molecule has 4 nitrogen and oxygen atoms in total. The highest BCUT2D eigenvalue weighted by molar-refractivity contribution is 14.1. The van der Waals surface area contributed by atoms with Crippen molar-refractivity contribution in [3.63, 3.8) is 0 Å².